The van der Waals surface area contributed by atoms with Crippen molar-refractivity contribution in [2.24, 2.45) is 5.41 Å². The molecule has 1 rings (SSSR count). The van der Waals surface area contributed by atoms with Gasteiger partial charge in [-0.1, -0.05) is 30.3 Å². The summed E-state index contributed by atoms with van der Waals surface area (Å²) in [4.78, 5) is 24.0. The maximum Gasteiger partial charge on any atom is 0.407 e. The summed E-state index contributed by atoms with van der Waals surface area (Å²) in [5, 5.41) is 2.75. The summed E-state index contributed by atoms with van der Waals surface area (Å²) < 4.78 is 10.0. The van der Waals surface area contributed by atoms with Gasteiger partial charge >= 0.3 is 12.1 Å². The highest BCUT2D eigenvalue weighted by molar-refractivity contribution is 5.78. The number of hydrogen-bond acceptors (Lipinski definition) is 4. The Kier molecular flexibility index (Phi) is 6.21. The van der Waals surface area contributed by atoms with Gasteiger partial charge < -0.3 is 14.8 Å². The van der Waals surface area contributed by atoms with E-state index < -0.39 is 17.6 Å². The second-order valence-corrected chi connectivity index (χ2v) is 5.15. The van der Waals surface area contributed by atoms with E-state index >= 15 is 0 Å². The lowest BCUT2D eigenvalue weighted by Gasteiger charge is -2.32. The Balaban J connectivity index is 3.07. The molecule has 5 heteroatoms. The fraction of sp³-hybridized carbons (Fsp3) is 0.500. The van der Waals surface area contributed by atoms with Crippen molar-refractivity contribution >= 4 is 12.1 Å². The molecule has 0 aromatic heterocycles. The Labute approximate surface area is 125 Å². The van der Waals surface area contributed by atoms with E-state index in [0.29, 0.717) is 6.61 Å². The normalized spacial score (nSPS) is 12.4. The monoisotopic (exact) mass is 293 g/mol. The van der Waals surface area contributed by atoms with Crippen LogP contribution in [0.1, 0.15) is 39.3 Å². The van der Waals surface area contributed by atoms with Gasteiger partial charge in [-0.05, 0) is 33.3 Å². The molecule has 0 saturated heterocycles. The second-order valence-electron chi connectivity index (χ2n) is 5.15. The molecule has 1 N–H and O–H groups in total. The number of alkyl carbamates (subject to hydrolysis) is 1. The van der Waals surface area contributed by atoms with Crippen molar-refractivity contribution in [2.75, 3.05) is 13.2 Å². The molecule has 0 saturated carbocycles. The average Bonchev–Trinajstić information content (AvgIpc) is 2.46. The molecule has 0 fully saturated rings. The molecule has 0 bridgehead atoms. The van der Waals surface area contributed by atoms with Gasteiger partial charge in [-0.3, -0.25) is 4.79 Å². The lowest BCUT2D eigenvalue weighted by Crippen LogP contribution is -2.43. The summed E-state index contributed by atoms with van der Waals surface area (Å²) in [6, 6.07) is 8.78. The number of nitrogens with one attached hydrogen (secondary N) is 1. The van der Waals surface area contributed by atoms with E-state index in [-0.39, 0.29) is 12.6 Å². The number of carbonyl (C=O) groups excluding carboxylic acids is 2. The maximum atomic E-state index is 12.2. The van der Waals surface area contributed by atoms with Crippen molar-refractivity contribution in [3.8, 4) is 0 Å². The molecule has 1 atom stereocenters. The molecule has 0 aliphatic rings. The average molecular weight is 293 g/mol. The Morgan fingerprint density at radius 2 is 1.67 bits per heavy atom. The first-order valence-corrected chi connectivity index (χ1v) is 7.08. The molecular weight excluding hydrogens is 270 g/mol. The van der Waals surface area contributed by atoms with Crippen molar-refractivity contribution in [1.29, 1.82) is 0 Å². The summed E-state index contributed by atoms with van der Waals surface area (Å²) in [6.07, 6.45) is -0.552. The molecule has 1 aromatic rings. The van der Waals surface area contributed by atoms with Gasteiger partial charge in [-0.25, -0.2) is 4.79 Å². The first-order valence-electron chi connectivity index (χ1n) is 7.08. The highest BCUT2D eigenvalue weighted by atomic mass is 16.5. The van der Waals surface area contributed by atoms with Crippen LogP contribution in [0, 0.1) is 5.41 Å². The SMILES string of the molecule is CCOC(=O)NC(c1ccccc1)C(C)(C)C(=O)OCC. The Hall–Kier alpha value is -2.04. The summed E-state index contributed by atoms with van der Waals surface area (Å²) in [7, 11) is 0. The van der Waals surface area contributed by atoms with Crippen molar-refractivity contribution in [3.05, 3.63) is 35.9 Å². The fourth-order valence-corrected chi connectivity index (χ4v) is 2.05. The minimum Gasteiger partial charge on any atom is -0.466 e. The van der Waals surface area contributed by atoms with Crippen LogP contribution < -0.4 is 5.32 Å². The third-order valence-electron chi connectivity index (χ3n) is 3.19. The van der Waals surface area contributed by atoms with Crippen LogP contribution >= 0.6 is 0 Å². The number of carbonyl (C=O) groups is 2. The predicted molar refractivity (Wildman–Crippen MR) is 79.8 cm³/mol. The molecule has 1 amide bonds. The van der Waals surface area contributed by atoms with Crippen LogP contribution in [0.2, 0.25) is 0 Å². The third kappa shape index (κ3) is 4.48. The number of esters is 1. The van der Waals surface area contributed by atoms with Crippen molar-refractivity contribution in [2.45, 2.75) is 33.7 Å². The van der Waals surface area contributed by atoms with E-state index in [4.69, 9.17) is 9.47 Å². The number of amides is 1. The standard InChI is InChI=1S/C16H23NO4/c1-5-20-14(18)16(3,4)13(17-15(19)21-6-2)12-10-8-7-9-11-12/h7-11,13H,5-6H2,1-4H3,(H,17,19). The van der Waals surface area contributed by atoms with E-state index in [0.717, 1.165) is 5.56 Å². The maximum absolute atomic E-state index is 12.2. The molecule has 0 heterocycles. The largest absolute Gasteiger partial charge is 0.466 e. The third-order valence-corrected chi connectivity index (χ3v) is 3.19. The van der Waals surface area contributed by atoms with Crippen LogP contribution in [0.3, 0.4) is 0 Å². The van der Waals surface area contributed by atoms with Crippen LogP contribution in [-0.2, 0) is 14.3 Å². The van der Waals surface area contributed by atoms with Gasteiger partial charge in [0.1, 0.15) is 0 Å². The molecule has 0 aliphatic heterocycles. The number of rotatable bonds is 6. The summed E-state index contributed by atoms with van der Waals surface area (Å²) >= 11 is 0. The summed E-state index contributed by atoms with van der Waals surface area (Å²) in [5.74, 6) is -0.365. The lowest BCUT2D eigenvalue weighted by atomic mass is 9.80. The quantitative estimate of drug-likeness (QED) is 0.819. The molecule has 0 aliphatic carbocycles. The van der Waals surface area contributed by atoms with Crippen molar-refractivity contribution in [1.82, 2.24) is 5.32 Å². The summed E-state index contributed by atoms with van der Waals surface area (Å²) in [5.41, 5.74) is -0.0898. The zero-order chi connectivity index (χ0) is 15.9. The van der Waals surface area contributed by atoms with E-state index in [2.05, 4.69) is 5.32 Å². The smallest absolute Gasteiger partial charge is 0.407 e. The zero-order valence-corrected chi connectivity index (χ0v) is 13.0. The van der Waals surface area contributed by atoms with Crippen LogP contribution in [0.4, 0.5) is 4.79 Å². The molecule has 5 nitrogen and oxygen atoms in total. The van der Waals surface area contributed by atoms with Gasteiger partial charge in [0.15, 0.2) is 0 Å². The fourth-order valence-electron chi connectivity index (χ4n) is 2.05. The van der Waals surface area contributed by atoms with Crippen LogP contribution in [0.25, 0.3) is 0 Å². The number of hydrogen-bond donors (Lipinski definition) is 1. The molecule has 1 aromatic carbocycles. The molecule has 1 unspecified atom stereocenters. The minimum absolute atomic E-state index is 0.271. The highest BCUT2D eigenvalue weighted by Crippen LogP contribution is 2.34. The van der Waals surface area contributed by atoms with Crippen LogP contribution in [0.15, 0.2) is 30.3 Å². The molecule has 21 heavy (non-hydrogen) atoms. The Bertz CT molecular complexity index is 470. The topological polar surface area (TPSA) is 64.6 Å². The molecule has 116 valence electrons. The van der Waals surface area contributed by atoms with Gasteiger partial charge in [-0.15, -0.1) is 0 Å². The molecule has 0 radical (unpaired) electrons. The Morgan fingerprint density at radius 3 is 2.19 bits per heavy atom. The molecule has 0 spiro atoms. The lowest BCUT2D eigenvalue weighted by molar-refractivity contribution is -0.155. The Morgan fingerprint density at radius 1 is 1.10 bits per heavy atom. The molecular formula is C16H23NO4. The minimum atomic E-state index is -0.913. The van der Waals surface area contributed by atoms with E-state index in [1.807, 2.05) is 30.3 Å². The van der Waals surface area contributed by atoms with Gasteiger partial charge in [-0.2, -0.15) is 0 Å². The van der Waals surface area contributed by atoms with Crippen LogP contribution in [0.5, 0.6) is 0 Å². The zero-order valence-electron chi connectivity index (χ0n) is 13.0. The van der Waals surface area contributed by atoms with E-state index in [1.165, 1.54) is 0 Å². The van der Waals surface area contributed by atoms with Gasteiger partial charge in [0.05, 0.1) is 24.7 Å². The second kappa shape index (κ2) is 7.67. The van der Waals surface area contributed by atoms with E-state index in [9.17, 15) is 9.59 Å². The van der Waals surface area contributed by atoms with E-state index in [1.54, 1.807) is 27.7 Å². The number of ether oxygens (including phenoxy) is 2. The number of benzene rings is 1. The predicted octanol–water partition coefficient (Wildman–Crippen LogP) is 3.06. The first-order chi connectivity index (χ1) is 9.93. The van der Waals surface area contributed by atoms with Crippen molar-refractivity contribution in [3.63, 3.8) is 0 Å². The van der Waals surface area contributed by atoms with Crippen molar-refractivity contribution < 1.29 is 19.1 Å². The first kappa shape index (κ1) is 17.0. The van der Waals surface area contributed by atoms with Gasteiger partial charge in [0.2, 0.25) is 0 Å². The van der Waals surface area contributed by atoms with Gasteiger partial charge in [0.25, 0.3) is 0 Å². The summed E-state index contributed by atoms with van der Waals surface area (Å²) in [6.45, 7) is 7.54. The highest BCUT2D eigenvalue weighted by Gasteiger charge is 2.40. The van der Waals surface area contributed by atoms with Gasteiger partial charge in [0, 0.05) is 0 Å². The van der Waals surface area contributed by atoms with Crippen LogP contribution in [-0.4, -0.2) is 25.3 Å².